The van der Waals surface area contributed by atoms with Crippen LogP contribution >= 0.6 is 0 Å². The fourth-order valence-electron chi connectivity index (χ4n) is 9.26. The van der Waals surface area contributed by atoms with E-state index >= 15 is 0 Å². The predicted octanol–water partition coefficient (Wildman–Crippen LogP) is 6.37. The Morgan fingerprint density at radius 3 is 2.21 bits per heavy atom. The number of nitrogens with zero attached hydrogens (tertiary/aromatic N) is 3. The number of likely N-dealkylation sites (tertiary alicyclic amines) is 2. The Morgan fingerprint density at radius 1 is 0.794 bits per heavy atom. The number of anilines is 1. The molecular weight excluding hydrogens is 799 g/mol. The predicted molar refractivity (Wildman–Crippen MR) is 234 cm³/mol. The van der Waals surface area contributed by atoms with E-state index in [0.717, 1.165) is 57.7 Å². The lowest BCUT2D eigenvalue weighted by Crippen LogP contribution is -2.57. The van der Waals surface area contributed by atoms with E-state index in [1.807, 2.05) is 121 Å². The van der Waals surface area contributed by atoms with Crippen LogP contribution in [-0.2, 0) is 48.4 Å². The smallest absolute Gasteiger partial charge is 0.408 e. The highest BCUT2D eigenvalue weighted by Crippen LogP contribution is 2.41. The minimum atomic E-state index is -1.01. The monoisotopic (exact) mass is 849 g/mol. The van der Waals surface area contributed by atoms with Crippen molar-refractivity contribution < 1.29 is 38.5 Å². The molecule has 0 bridgehead atoms. The molecular formula is C50H51N5O8. The zero-order valence-corrected chi connectivity index (χ0v) is 34.9. The highest BCUT2D eigenvalue weighted by molar-refractivity contribution is 6.06. The molecule has 0 radical (unpaired) electrons. The van der Waals surface area contributed by atoms with Gasteiger partial charge in [0.2, 0.25) is 11.8 Å². The van der Waals surface area contributed by atoms with Crippen LogP contribution in [0.1, 0.15) is 65.9 Å². The molecule has 5 aromatic carbocycles. The van der Waals surface area contributed by atoms with Gasteiger partial charge in [0.05, 0.1) is 38.4 Å². The number of aliphatic hydroxyl groups is 1. The summed E-state index contributed by atoms with van der Waals surface area (Å²) in [5.74, 6) is -0.767. The third kappa shape index (κ3) is 9.09. The van der Waals surface area contributed by atoms with Crippen molar-refractivity contribution in [2.45, 2.75) is 75.5 Å². The SMILES string of the molecule is O=C(NC1CC(=O)N(Cc2ccccc2-c2ccc([C@@H]3O[C@H](CN4CCC5(CC4)C(=O)NCN5c4ccccc4)C[C@H](c4ccc(CO)cc4)O3)cc2)C1=O)OCc1ccccc1. The Kier molecular flexibility index (Phi) is 12.3. The number of amides is 4. The maximum Gasteiger partial charge on any atom is 0.408 e. The van der Waals surface area contributed by atoms with Gasteiger partial charge in [0.15, 0.2) is 6.29 Å². The van der Waals surface area contributed by atoms with Crippen LogP contribution in [-0.4, -0.2) is 82.7 Å². The molecule has 4 atom stereocenters. The van der Waals surface area contributed by atoms with Crippen molar-refractivity contribution in [2.75, 3.05) is 31.2 Å². The number of hydrogen-bond acceptors (Lipinski definition) is 10. The van der Waals surface area contributed by atoms with Gasteiger partial charge in [0.25, 0.3) is 5.91 Å². The second-order valence-corrected chi connectivity index (χ2v) is 16.7. The van der Waals surface area contributed by atoms with Crippen LogP contribution in [0, 0.1) is 0 Å². The number of carbonyl (C=O) groups is 4. The summed E-state index contributed by atoms with van der Waals surface area (Å²) in [6.07, 6.45) is 0.0588. The second kappa shape index (κ2) is 18.5. The summed E-state index contributed by atoms with van der Waals surface area (Å²) < 4.78 is 18.7. The summed E-state index contributed by atoms with van der Waals surface area (Å²) in [4.78, 5) is 58.2. The zero-order chi connectivity index (χ0) is 43.3. The van der Waals surface area contributed by atoms with Crippen molar-refractivity contribution in [2.24, 2.45) is 0 Å². The maximum atomic E-state index is 13.4. The van der Waals surface area contributed by atoms with Gasteiger partial charge in [-0.3, -0.25) is 19.3 Å². The van der Waals surface area contributed by atoms with Gasteiger partial charge >= 0.3 is 6.09 Å². The Balaban J connectivity index is 0.872. The van der Waals surface area contributed by atoms with Gasteiger partial charge in [0, 0.05) is 37.3 Å². The van der Waals surface area contributed by atoms with E-state index in [1.54, 1.807) is 0 Å². The van der Waals surface area contributed by atoms with Gasteiger partial charge in [-0.1, -0.05) is 121 Å². The van der Waals surface area contributed by atoms with Crippen molar-refractivity contribution in [3.8, 4) is 11.1 Å². The molecule has 4 aliphatic heterocycles. The van der Waals surface area contributed by atoms with Crippen molar-refractivity contribution in [1.29, 1.82) is 0 Å². The van der Waals surface area contributed by atoms with Crippen molar-refractivity contribution in [3.63, 3.8) is 0 Å². The molecule has 4 saturated heterocycles. The number of aliphatic hydroxyl groups excluding tert-OH is 1. The van der Waals surface area contributed by atoms with Crippen LogP contribution in [0.4, 0.5) is 10.5 Å². The minimum absolute atomic E-state index is 0.0415. The Bertz CT molecular complexity index is 2410. The number of imide groups is 1. The fraction of sp³-hybridized carbons (Fsp3) is 0.320. The van der Waals surface area contributed by atoms with E-state index in [2.05, 4.69) is 32.6 Å². The first-order valence-electron chi connectivity index (χ1n) is 21.6. The molecule has 13 nitrogen and oxygen atoms in total. The first-order valence-corrected chi connectivity index (χ1v) is 21.6. The molecule has 4 heterocycles. The maximum absolute atomic E-state index is 13.4. The number of alkyl carbamates (subject to hydrolysis) is 1. The molecule has 13 heteroatoms. The van der Waals surface area contributed by atoms with E-state index in [-0.39, 0.29) is 50.2 Å². The van der Waals surface area contributed by atoms with Crippen LogP contribution in [0.15, 0.2) is 133 Å². The number of para-hydroxylation sites is 1. The van der Waals surface area contributed by atoms with E-state index in [9.17, 15) is 24.3 Å². The Morgan fingerprint density at radius 2 is 1.48 bits per heavy atom. The lowest BCUT2D eigenvalue weighted by Gasteiger charge is -2.45. The fourth-order valence-corrected chi connectivity index (χ4v) is 9.26. The summed E-state index contributed by atoms with van der Waals surface area (Å²) in [6.45, 7) is 2.73. The third-order valence-electron chi connectivity index (χ3n) is 12.8. The van der Waals surface area contributed by atoms with E-state index in [0.29, 0.717) is 32.5 Å². The van der Waals surface area contributed by atoms with E-state index in [4.69, 9.17) is 14.2 Å². The summed E-state index contributed by atoms with van der Waals surface area (Å²) in [6, 6.07) is 41.8. The van der Waals surface area contributed by atoms with Gasteiger partial charge in [-0.15, -0.1) is 0 Å². The van der Waals surface area contributed by atoms with Crippen LogP contribution in [0.25, 0.3) is 11.1 Å². The Labute approximate surface area is 366 Å². The van der Waals surface area contributed by atoms with E-state index in [1.165, 1.54) is 4.90 Å². The molecule has 63 heavy (non-hydrogen) atoms. The summed E-state index contributed by atoms with van der Waals surface area (Å²) >= 11 is 0. The molecule has 1 unspecified atom stereocenters. The summed E-state index contributed by atoms with van der Waals surface area (Å²) in [7, 11) is 0. The number of ether oxygens (including phenoxy) is 3. The van der Waals surface area contributed by atoms with Gasteiger partial charge in [-0.05, 0) is 58.4 Å². The van der Waals surface area contributed by atoms with Crippen LogP contribution in [0.3, 0.4) is 0 Å². The number of benzene rings is 5. The molecule has 4 aliphatic rings. The average Bonchev–Trinajstić information content (AvgIpc) is 3.78. The zero-order valence-electron chi connectivity index (χ0n) is 34.9. The lowest BCUT2D eigenvalue weighted by atomic mass is 9.85. The van der Waals surface area contributed by atoms with Gasteiger partial charge in [0.1, 0.15) is 18.2 Å². The molecule has 0 saturated carbocycles. The molecule has 5 aromatic rings. The summed E-state index contributed by atoms with van der Waals surface area (Å²) in [5.41, 5.74) is 6.47. The van der Waals surface area contributed by atoms with Crippen LogP contribution in [0.5, 0.6) is 0 Å². The van der Waals surface area contributed by atoms with Gasteiger partial charge in [-0.25, -0.2) is 4.79 Å². The highest BCUT2D eigenvalue weighted by Gasteiger charge is 2.50. The first kappa shape index (κ1) is 41.9. The van der Waals surface area contributed by atoms with Crippen LogP contribution < -0.4 is 15.5 Å². The number of nitrogens with one attached hydrogen (secondary N) is 2. The van der Waals surface area contributed by atoms with Crippen molar-refractivity contribution in [1.82, 2.24) is 20.4 Å². The van der Waals surface area contributed by atoms with Gasteiger partial charge < -0.3 is 39.8 Å². The molecule has 4 fully saturated rings. The quantitative estimate of drug-likeness (QED) is 0.121. The largest absolute Gasteiger partial charge is 0.445 e. The molecule has 0 aliphatic carbocycles. The second-order valence-electron chi connectivity index (χ2n) is 16.7. The number of hydrogen-bond donors (Lipinski definition) is 3. The van der Waals surface area contributed by atoms with Crippen LogP contribution in [0.2, 0.25) is 0 Å². The Hall–Kier alpha value is -6.38. The minimum Gasteiger partial charge on any atom is -0.445 e. The standard InChI is InChI=1S/C50H51N5O8/c56-31-34-15-17-37(18-16-34)44-27-41(30-53-25-23-50(24-26-53)48(59)51-33-55(50)40-12-5-2-6-13-40)62-47(63-44)38-21-19-36(20-22-38)42-14-8-7-11-39(42)29-54-45(57)28-43(46(54)58)52-49(60)61-32-35-9-3-1-4-10-35/h1-22,41,43-44,47,56H,23-33H2,(H,51,59)(H,52,60)/t41-,43?,44+,47+/m0/s1. The average molecular weight is 850 g/mol. The normalized spacial score (nSPS) is 22.3. The molecule has 4 amide bonds. The first-order chi connectivity index (χ1) is 30.8. The topological polar surface area (TPSA) is 150 Å². The van der Waals surface area contributed by atoms with Crippen molar-refractivity contribution >= 4 is 29.5 Å². The molecule has 1 spiro atoms. The summed E-state index contributed by atoms with van der Waals surface area (Å²) in [5, 5.41) is 15.4. The number of carbonyl (C=O) groups excluding carboxylic acids is 4. The number of rotatable bonds is 12. The molecule has 9 rings (SSSR count). The molecule has 3 N–H and O–H groups in total. The third-order valence-corrected chi connectivity index (χ3v) is 12.8. The number of piperidine rings is 1. The molecule has 0 aromatic heterocycles. The van der Waals surface area contributed by atoms with Gasteiger partial charge in [-0.2, -0.15) is 0 Å². The molecule has 324 valence electrons. The van der Waals surface area contributed by atoms with Crippen molar-refractivity contribution in [3.05, 3.63) is 161 Å². The van der Waals surface area contributed by atoms with E-state index < -0.39 is 29.9 Å². The lowest BCUT2D eigenvalue weighted by molar-refractivity contribution is -0.253. The highest BCUT2D eigenvalue weighted by atomic mass is 16.7.